The van der Waals surface area contributed by atoms with Crippen molar-refractivity contribution in [3.63, 3.8) is 0 Å². The molecule has 0 saturated carbocycles. The van der Waals surface area contributed by atoms with Crippen molar-refractivity contribution in [3.8, 4) is 11.5 Å². The number of phenolic OH excluding ortho intramolecular Hbond substituents is 2. The molecule has 3 heteroatoms. The second-order valence-electron chi connectivity index (χ2n) is 6.03. The van der Waals surface area contributed by atoms with Gasteiger partial charge in [0.15, 0.2) is 11.5 Å². The van der Waals surface area contributed by atoms with E-state index < -0.39 is 6.10 Å². The molecule has 0 aliphatic rings. The molecular weight excluding hydrogens is 300 g/mol. The second kappa shape index (κ2) is 12.4. The summed E-state index contributed by atoms with van der Waals surface area (Å²) in [5.74, 6) is -0.00585. The van der Waals surface area contributed by atoms with Crippen LogP contribution in [0.5, 0.6) is 11.5 Å². The van der Waals surface area contributed by atoms with E-state index in [0.29, 0.717) is 0 Å². The summed E-state index contributed by atoms with van der Waals surface area (Å²) in [6.07, 6.45) is 18.9. The molecule has 0 spiro atoms. The van der Waals surface area contributed by atoms with Gasteiger partial charge in [0.1, 0.15) is 0 Å². The van der Waals surface area contributed by atoms with Crippen molar-refractivity contribution in [2.24, 2.45) is 0 Å². The van der Waals surface area contributed by atoms with Crippen molar-refractivity contribution in [1.82, 2.24) is 0 Å². The molecule has 132 valence electrons. The summed E-state index contributed by atoms with van der Waals surface area (Å²) in [7, 11) is 0. The van der Waals surface area contributed by atoms with Gasteiger partial charge in [0.25, 0.3) is 0 Å². The minimum Gasteiger partial charge on any atom is -0.504 e. The van der Waals surface area contributed by atoms with E-state index in [1.807, 2.05) is 30.4 Å². The highest BCUT2D eigenvalue weighted by molar-refractivity contribution is 5.44. The van der Waals surface area contributed by atoms with E-state index in [4.69, 9.17) is 5.11 Å². The van der Waals surface area contributed by atoms with Crippen LogP contribution in [0.1, 0.15) is 51.0 Å². The number of aryl methyl sites for hydroxylation is 1. The number of aromatic hydroxyl groups is 2. The van der Waals surface area contributed by atoms with Crippen molar-refractivity contribution in [2.75, 3.05) is 0 Å². The standard InChI is InChI=1S/C21H30O3/c1-18(22)14-11-9-7-5-3-2-4-6-8-10-12-15-19-16-13-17-20(23)21(19)24/h3,5,7,9,11,13-14,16-18,22-24H,2,4,6,8,10,12,15H2,1H3/b5-3-,9-7+,14-11+. The lowest BCUT2D eigenvalue weighted by Gasteiger charge is -2.05. The molecular formula is C21H30O3. The van der Waals surface area contributed by atoms with Crippen LogP contribution in [0.4, 0.5) is 0 Å². The van der Waals surface area contributed by atoms with Gasteiger partial charge in [-0.05, 0) is 44.2 Å². The topological polar surface area (TPSA) is 60.7 Å². The Hall–Kier alpha value is -2.00. The Kier molecular flexibility index (Phi) is 10.4. The zero-order chi connectivity index (χ0) is 17.6. The normalized spacial score (nSPS) is 13.4. The predicted octanol–water partition coefficient (Wildman–Crippen LogP) is 5.03. The number of allylic oxidation sites excluding steroid dienone is 5. The largest absolute Gasteiger partial charge is 0.504 e. The number of phenols is 2. The Morgan fingerprint density at radius 2 is 1.62 bits per heavy atom. The molecule has 0 bridgehead atoms. The van der Waals surface area contributed by atoms with E-state index >= 15 is 0 Å². The number of rotatable bonds is 11. The van der Waals surface area contributed by atoms with Gasteiger partial charge in [0.2, 0.25) is 0 Å². The molecule has 1 atom stereocenters. The van der Waals surface area contributed by atoms with Gasteiger partial charge in [0, 0.05) is 0 Å². The minimum atomic E-state index is -0.393. The van der Waals surface area contributed by atoms with Crippen LogP contribution < -0.4 is 0 Å². The zero-order valence-corrected chi connectivity index (χ0v) is 14.6. The number of aliphatic hydroxyl groups excluding tert-OH is 1. The first-order chi connectivity index (χ1) is 11.6. The number of aliphatic hydroxyl groups is 1. The van der Waals surface area contributed by atoms with Gasteiger partial charge in [-0.3, -0.25) is 0 Å². The zero-order valence-electron chi connectivity index (χ0n) is 14.6. The van der Waals surface area contributed by atoms with Crippen molar-refractivity contribution in [2.45, 2.75) is 58.0 Å². The van der Waals surface area contributed by atoms with Crippen LogP contribution in [0, 0.1) is 0 Å². The first kappa shape index (κ1) is 20.0. The number of unbranched alkanes of at least 4 members (excludes halogenated alkanes) is 5. The van der Waals surface area contributed by atoms with Gasteiger partial charge in [-0.2, -0.15) is 0 Å². The van der Waals surface area contributed by atoms with Gasteiger partial charge in [-0.1, -0.05) is 67.9 Å². The van der Waals surface area contributed by atoms with Crippen LogP contribution in [0.2, 0.25) is 0 Å². The molecule has 0 aliphatic carbocycles. The fourth-order valence-corrected chi connectivity index (χ4v) is 2.42. The molecule has 0 radical (unpaired) electrons. The average Bonchev–Trinajstić information content (AvgIpc) is 2.55. The van der Waals surface area contributed by atoms with Crippen molar-refractivity contribution in [1.29, 1.82) is 0 Å². The van der Waals surface area contributed by atoms with E-state index in [2.05, 4.69) is 6.08 Å². The van der Waals surface area contributed by atoms with Crippen molar-refractivity contribution in [3.05, 3.63) is 60.2 Å². The molecule has 1 aromatic rings. The molecule has 0 amide bonds. The monoisotopic (exact) mass is 330 g/mol. The lowest BCUT2D eigenvalue weighted by molar-refractivity contribution is 0.244. The van der Waals surface area contributed by atoms with Gasteiger partial charge in [-0.15, -0.1) is 0 Å². The van der Waals surface area contributed by atoms with E-state index in [9.17, 15) is 10.2 Å². The first-order valence-electron chi connectivity index (χ1n) is 8.79. The molecule has 0 aliphatic heterocycles. The summed E-state index contributed by atoms with van der Waals surface area (Å²) >= 11 is 0. The van der Waals surface area contributed by atoms with E-state index in [1.54, 1.807) is 19.1 Å². The molecule has 1 rings (SSSR count). The minimum absolute atomic E-state index is 0.0268. The summed E-state index contributed by atoms with van der Waals surface area (Å²) in [5, 5.41) is 28.2. The van der Waals surface area contributed by atoms with Gasteiger partial charge < -0.3 is 15.3 Å². The lowest BCUT2D eigenvalue weighted by atomic mass is 10.0. The molecule has 3 N–H and O–H groups in total. The number of benzene rings is 1. The van der Waals surface area contributed by atoms with Crippen LogP contribution >= 0.6 is 0 Å². The van der Waals surface area contributed by atoms with Gasteiger partial charge in [0.05, 0.1) is 6.10 Å². The molecule has 1 unspecified atom stereocenters. The van der Waals surface area contributed by atoms with Crippen molar-refractivity contribution < 1.29 is 15.3 Å². The first-order valence-corrected chi connectivity index (χ1v) is 8.79. The third kappa shape index (κ3) is 9.21. The van der Waals surface area contributed by atoms with Gasteiger partial charge >= 0.3 is 0 Å². The predicted molar refractivity (Wildman–Crippen MR) is 100 cm³/mol. The Bertz CT molecular complexity index is 542. The maximum atomic E-state index is 9.72. The number of para-hydroxylation sites is 1. The molecule has 24 heavy (non-hydrogen) atoms. The van der Waals surface area contributed by atoms with E-state index in [0.717, 1.165) is 31.2 Å². The summed E-state index contributed by atoms with van der Waals surface area (Å²) in [6.45, 7) is 1.73. The smallest absolute Gasteiger partial charge is 0.160 e. The highest BCUT2D eigenvalue weighted by Crippen LogP contribution is 2.29. The van der Waals surface area contributed by atoms with E-state index in [-0.39, 0.29) is 11.5 Å². The van der Waals surface area contributed by atoms with Crippen LogP contribution in [0.15, 0.2) is 54.7 Å². The Labute approximate surface area is 145 Å². The SMILES string of the molecule is CC(O)/C=C/C=C/C=C\CCCCCCCc1cccc(O)c1O. The van der Waals surface area contributed by atoms with Crippen LogP contribution in [-0.2, 0) is 6.42 Å². The average molecular weight is 330 g/mol. The van der Waals surface area contributed by atoms with Crippen LogP contribution in [-0.4, -0.2) is 21.4 Å². The maximum Gasteiger partial charge on any atom is 0.160 e. The molecule has 1 aromatic carbocycles. The molecule has 0 aromatic heterocycles. The quantitative estimate of drug-likeness (QED) is 0.303. The lowest BCUT2D eigenvalue weighted by Crippen LogP contribution is -1.90. The summed E-state index contributed by atoms with van der Waals surface area (Å²) < 4.78 is 0. The Balaban J connectivity index is 2.02. The molecule has 0 saturated heterocycles. The molecule has 0 heterocycles. The fourth-order valence-electron chi connectivity index (χ4n) is 2.42. The molecule has 3 nitrogen and oxygen atoms in total. The Morgan fingerprint density at radius 1 is 0.917 bits per heavy atom. The third-order valence-corrected chi connectivity index (χ3v) is 3.77. The summed E-state index contributed by atoms with van der Waals surface area (Å²) in [5.41, 5.74) is 0.828. The highest BCUT2D eigenvalue weighted by Gasteiger charge is 2.04. The fraction of sp³-hybridized carbons (Fsp3) is 0.429. The van der Waals surface area contributed by atoms with Crippen molar-refractivity contribution >= 4 is 0 Å². The number of hydrogen-bond acceptors (Lipinski definition) is 3. The Morgan fingerprint density at radius 3 is 2.42 bits per heavy atom. The third-order valence-electron chi connectivity index (χ3n) is 3.77. The number of hydrogen-bond donors (Lipinski definition) is 3. The van der Waals surface area contributed by atoms with E-state index in [1.165, 1.54) is 25.3 Å². The summed E-state index contributed by atoms with van der Waals surface area (Å²) in [6, 6.07) is 5.14. The van der Waals surface area contributed by atoms with Crippen LogP contribution in [0.3, 0.4) is 0 Å². The maximum absolute atomic E-state index is 9.72. The second-order valence-corrected chi connectivity index (χ2v) is 6.03. The molecule has 0 fully saturated rings. The van der Waals surface area contributed by atoms with Gasteiger partial charge in [-0.25, -0.2) is 0 Å². The van der Waals surface area contributed by atoms with Crippen LogP contribution in [0.25, 0.3) is 0 Å². The highest BCUT2D eigenvalue weighted by atomic mass is 16.3. The summed E-state index contributed by atoms with van der Waals surface area (Å²) in [4.78, 5) is 0.